The maximum atomic E-state index is 13.2. The molecule has 0 aromatic heterocycles. The van der Waals surface area contributed by atoms with Crippen LogP contribution in [-0.4, -0.2) is 35.1 Å². The smallest absolute Gasteiger partial charge is 0.254 e. The Kier molecular flexibility index (Phi) is 5.96. The van der Waals surface area contributed by atoms with Gasteiger partial charge in [-0.15, -0.1) is 0 Å². The third-order valence-electron chi connectivity index (χ3n) is 3.39. The Morgan fingerprint density at radius 3 is 2.47 bits per heavy atom. The Labute approximate surface area is 114 Å². The van der Waals surface area contributed by atoms with E-state index in [4.69, 9.17) is 5.11 Å². The Balaban J connectivity index is 3.01. The van der Waals surface area contributed by atoms with Crippen LogP contribution in [0.4, 0.5) is 4.39 Å². The molecule has 0 unspecified atom stereocenters. The van der Waals surface area contributed by atoms with Crippen molar-refractivity contribution in [1.29, 1.82) is 0 Å². The van der Waals surface area contributed by atoms with Gasteiger partial charge in [-0.25, -0.2) is 4.39 Å². The Morgan fingerprint density at radius 2 is 2.00 bits per heavy atom. The molecular formula is C15H22FNO2. The Morgan fingerprint density at radius 1 is 1.37 bits per heavy atom. The summed E-state index contributed by atoms with van der Waals surface area (Å²) in [6.45, 7) is 5.91. The number of aliphatic hydroxyl groups excluding tert-OH is 1. The molecule has 1 N–H and O–H groups in total. The number of carbonyl (C=O) groups is 1. The average molecular weight is 267 g/mol. The van der Waals surface area contributed by atoms with E-state index in [0.717, 1.165) is 12.8 Å². The van der Waals surface area contributed by atoms with Crippen molar-refractivity contribution >= 4 is 5.91 Å². The fourth-order valence-electron chi connectivity index (χ4n) is 2.23. The Bertz CT molecular complexity index is 430. The van der Waals surface area contributed by atoms with Crippen LogP contribution in [0.25, 0.3) is 0 Å². The van der Waals surface area contributed by atoms with Crippen LogP contribution in [0.3, 0.4) is 0 Å². The van der Waals surface area contributed by atoms with E-state index in [1.54, 1.807) is 17.9 Å². The molecule has 0 aliphatic rings. The minimum absolute atomic E-state index is 0.0670. The van der Waals surface area contributed by atoms with Gasteiger partial charge in [-0.05, 0) is 43.5 Å². The molecular weight excluding hydrogens is 245 g/mol. The van der Waals surface area contributed by atoms with E-state index in [0.29, 0.717) is 17.7 Å². The average Bonchev–Trinajstić information content (AvgIpc) is 2.41. The van der Waals surface area contributed by atoms with E-state index in [-0.39, 0.29) is 24.4 Å². The van der Waals surface area contributed by atoms with Crippen LogP contribution >= 0.6 is 0 Å². The van der Waals surface area contributed by atoms with Gasteiger partial charge >= 0.3 is 0 Å². The lowest BCUT2D eigenvalue weighted by Gasteiger charge is -2.30. The summed E-state index contributed by atoms with van der Waals surface area (Å²) in [6.07, 6.45) is 1.67. The second kappa shape index (κ2) is 7.24. The third kappa shape index (κ3) is 3.77. The highest BCUT2D eigenvalue weighted by atomic mass is 19.1. The summed E-state index contributed by atoms with van der Waals surface area (Å²) >= 11 is 0. The zero-order valence-electron chi connectivity index (χ0n) is 11.8. The molecule has 0 bridgehead atoms. The van der Waals surface area contributed by atoms with Crippen LogP contribution in [0.5, 0.6) is 0 Å². The van der Waals surface area contributed by atoms with Crippen molar-refractivity contribution in [2.75, 3.05) is 13.2 Å². The summed E-state index contributed by atoms with van der Waals surface area (Å²) in [7, 11) is 0. The predicted octanol–water partition coefficient (Wildman–Crippen LogP) is 2.76. The predicted molar refractivity (Wildman–Crippen MR) is 73.6 cm³/mol. The van der Waals surface area contributed by atoms with Gasteiger partial charge in [0, 0.05) is 18.2 Å². The number of carbonyl (C=O) groups excluding carboxylic acids is 1. The van der Waals surface area contributed by atoms with E-state index in [9.17, 15) is 9.18 Å². The van der Waals surface area contributed by atoms with Crippen LogP contribution < -0.4 is 0 Å². The topological polar surface area (TPSA) is 40.5 Å². The number of amides is 1. The van der Waals surface area contributed by atoms with E-state index in [1.165, 1.54) is 12.1 Å². The molecule has 3 nitrogen and oxygen atoms in total. The molecule has 19 heavy (non-hydrogen) atoms. The number of halogens is 1. The zero-order valence-corrected chi connectivity index (χ0v) is 11.8. The van der Waals surface area contributed by atoms with Gasteiger partial charge in [0.1, 0.15) is 5.82 Å². The molecule has 0 atom stereocenters. The van der Waals surface area contributed by atoms with Crippen LogP contribution in [0.1, 0.15) is 42.6 Å². The van der Waals surface area contributed by atoms with E-state index in [1.807, 2.05) is 13.8 Å². The molecule has 106 valence electrons. The first-order valence-corrected chi connectivity index (χ1v) is 6.73. The first kappa shape index (κ1) is 15.6. The minimum Gasteiger partial charge on any atom is -0.395 e. The lowest BCUT2D eigenvalue weighted by molar-refractivity contribution is 0.0622. The maximum absolute atomic E-state index is 13.2. The molecule has 0 aliphatic heterocycles. The summed E-state index contributed by atoms with van der Waals surface area (Å²) in [6, 6.07) is 4.47. The van der Waals surface area contributed by atoms with Gasteiger partial charge in [-0.1, -0.05) is 13.8 Å². The second-order valence-corrected chi connectivity index (χ2v) is 4.66. The van der Waals surface area contributed by atoms with Gasteiger partial charge in [0.2, 0.25) is 0 Å². The molecule has 1 aromatic rings. The molecule has 4 heteroatoms. The SMILES string of the molecule is CCC(CC)N(CCO)C(=O)c1ccc(F)c(C)c1. The molecule has 0 radical (unpaired) electrons. The zero-order chi connectivity index (χ0) is 14.4. The Hall–Kier alpha value is -1.42. The molecule has 0 saturated heterocycles. The lowest BCUT2D eigenvalue weighted by Crippen LogP contribution is -2.41. The van der Waals surface area contributed by atoms with Crippen molar-refractivity contribution in [3.8, 4) is 0 Å². The molecule has 1 amide bonds. The van der Waals surface area contributed by atoms with Crippen molar-refractivity contribution < 1.29 is 14.3 Å². The van der Waals surface area contributed by atoms with Crippen LogP contribution in [0.2, 0.25) is 0 Å². The van der Waals surface area contributed by atoms with Crippen LogP contribution in [0, 0.1) is 12.7 Å². The highest BCUT2D eigenvalue weighted by Crippen LogP contribution is 2.16. The summed E-state index contributed by atoms with van der Waals surface area (Å²) in [5.74, 6) is -0.460. The number of rotatable bonds is 6. The fourth-order valence-corrected chi connectivity index (χ4v) is 2.23. The quantitative estimate of drug-likeness (QED) is 0.861. The highest BCUT2D eigenvalue weighted by molar-refractivity contribution is 5.94. The minimum atomic E-state index is -0.312. The van der Waals surface area contributed by atoms with Crippen molar-refractivity contribution in [3.63, 3.8) is 0 Å². The van der Waals surface area contributed by atoms with Crippen molar-refractivity contribution in [3.05, 3.63) is 35.1 Å². The van der Waals surface area contributed by atoms with Crippen molar-refractivity contribution in [2.24, 2.45) is 0 Å². The first-order valence-electron chi connectivity index (χ1n) is 6.73. The van der Waals surface area contributed by atoms with Gasteiger partial charge in [0.15, 0.2) is 0 Å². The number of nitrogens with zero attached hydrogens (tertiary/aromatic N) is 1. The second-order valence-electron chi connectivity index (χ2n) is 4.66. The van der Waals surface area contributed by atoms with Crippen molar-refractivity contribution in [1.82, 2.24) is 4.90 Å². The molecule has 0 spiro atoms. The fraction of sp³-hybridized carbons (Fsp3) is 0.533. The van der Waals surface area contributed by atoms with Gasteiger partial charge in [-0.2, -0.15) is 0 Å². The summed E-state index contributed by atoms with van der Waals surface area (Å²) < 4.78 is 13.2. The molecule has 0 saturated carbocycles. The maximum Gasteiger partial charge on any atom is 0.254 e. The molecule has 0 heterocycles. The normalized spacial score (nSPS) is 10.8. The largest absolute Gasteiger partial charge is 0.395 e. The number of aryl methyl sites for hydroxylation is 1. The number of benzene rings is 1. The molecule has 1 rings (SSSR count). The van der Waals surface area contributed by atoms with Crippen LogP contribution in [-0.2, 0) is 0 Å². The van der Waals surface area contributed by atoms with Gasteiger partial charge < -0.3 is 10.0 Å². The van der Waals surface area contributed by atoms with E-state index in [2.05, 4.69) is 0 Å². The summed E-state index contributed by atoms with van der Waals surface area (Å²) in [5, 5.41) is 9.12. The van der Waals surface area contributed by atoms with E-state index < -0.39 is 0 Å². The van der Waals surface area contributed by atoms with E-state index >= 15 is 0 Å². The number of hydrogen-bond acceptors (Lipinski definition) is 2. The summed E-state index contributed by atoms with van der Waals surface area (Å²) in [4.78, 5) is 14.1. The molecule has 0 aliphatic carbocycles. The van der Waals surface area contributed by atoms with Crippen molar-refractivity contribution in [2.45, 2.75) is 39.7 Å². The highest BCUT2D eigenvalue weighted by Gasteiger charge is 2.22. The van der Waals surface area contributed by atoms with Gasteiger partial charge in [0.25, 0.3) is 5.91 Å². The first-order chi connectivity index (χ1) is 9.04. The monoisotopic (exact) mass is 267 g/mol. The van der Waals surface area contributed by atoms with Gasteiger partial charge in [-0.3, -0.25) is 4.79 Å². The molecule has 0 fully saturated rings. The third-order valence-corrected chi connectivity index (χ3v) is 3.39. The number of aliphatic hydroxyl groups is 1. The standard InChI is InChI=1S/C15H22FNO2/c1-4-13(5-2)17(8-9-18)15(19)12-6-7-14(16)11(3)10-12/h6-7,10,13,18H,4-5,8-9H2,1-3H3. The molecule has 1 aromatic carbocycles. The summed E-state index contributed by atoms with van der Waals surface area (Å²) in [5.41, 5.74) is 0.929. The lowest BCUT2D eigenvalue weighted by atomic mass is 10.1. The van der Waals surface area contributed by atoms with Gasteiger partial charge in [0.05, 0.1) is 6.61 Å². The number of hydrogen-bond donors (Lipinski definition) is 1. The van der Waals surface area contributed by atoms with Crippen LogP contribution in [0.15, 0.2) is 18.2 Å².